The maximum Gasteiger partial charge on any atom is 0.434 e. The highest BCUT2D eigenvalue weighted by atomic mass is 79.9. The van der Waals surface area contributed by atoms with Crippen LogP contribution in [0.4, 0.5) is 30.7 Å². The van der Waals surface area contributed by atoms with Gasteiger partial charge in [0.05, 0.1) is 7.11 Å². The lowest BCUT2D eigenvalue weighted by Crippen LogP contribution is -2.61. The number of benzene rings is 2. The number of nitrogens with zero attached hydrogens (tertiary/aromatic N) is 1. The Morgan fingerprint density at radius 1 is 0.900 bits per heavy atom. The third-order valence-electron chi connectivity index (χ3n) is 4.85. The van der Waals surface area contributed by atoms with E-state index in [1.165, 1.54) is 49.6 Å². The third-order valence-corrected chi connectivity index (χ3v) is 5.48. The highest BCUT2D eigenvalue weighted by Gasteiger charge is 2.77. The molecule has 30 heavy (non-hydrogen) atoms. The van der Waals surface area contributed by atoms with Crippen molar-refractivity contribution >= 4 is 20.4 Å². The molecule has 1 unspecified atom stereocenters. The molecule has 2 aromatic rings. The molecule has 0 aliphatic carbocycles. The van der Waals surface area contributed by atoms with Gasteiger partial charge >= 0.3 is 18.0 Å². The molecule has 1 aliphatic rings. The molecule has 0 N–H and O–H groups in total. The molecule has 0 saturated carbocycles. The Labute approximate surface area is 176 Å². The Balaban J connectivity index is 2.17. The van der Waals surface area contributed by atoms with E-state index in [1.807, 2.05) is 0 Å². The van der Waals surface area contributed by atoms with Crippen LogP contribution in [-0.4, -0.2) is 30.0 Å². The molecule has 3 rings (SSSR count). The molecule has 0 amide bonds. The van der Waals surface area contributed by atoms with Gasteiger partial charge in [0, 0.05) is 17.2 Å². The summed E-state index contributed by atoms with van der Waals surface area (Å²) in [6.07, 6.45) is -11.3. The van der Waals surface area contributed by atoms with Gasteiger partial charge in [0.15, 0.2) is 0 Å². The predicted molar refractivity (Wildman–Crippen MR) is 101 cm³/mol. The van der Waals surface area contributed by atoms with Gasteiger partial charge in [0.2, 0.25) is 0 Å². The van der Waals surface area contributed by atoms with E-state index in [9.17, 15) is 26.3 Å². The van der Waals surface area contributed by atoms with E-state index < -0.39 is 36.2 Å². The molecule has 162 valence electrons. The first kappa shape index (κ1) is 22.5. The molecule has 1 atom stereocenters. The van der Waals surface area contributed by atoms with Crippen molar-refractivity contribution in [2.45, 2.75) is 30.6 Å². The molecule has 0 saturated heterocycles. The van der Waals surface area contributed by atoms with Crippen molar-refractivity contribution in [2.24, 2.45) is 0 Å². The van der Waals surface area contributed by atoms with Crippen molar-refractivity contribution in [1.82, 2.24) is 4.90 Å². The molecule has 10 heteroatoms. The summed E-state index contributed by atoms with van der Waals surface area (Å²) in [4.78, 5) is 0.717. The van der Waals surface area contributed by atoms with Crippen LogP contribution in [0.5, 0.6) is 5.75 Å². The number of fused-ring (bicyclic) bond motifs is 1. The van der Waals surface area contributed by atoms with Crippen molar-refractivity contribution < 1.29 is 35.5 Å². The quantitative estimate of drug-likeness (QED) is 0.431. The topological polar surface area (TPSA) is 12.5 Å². The minimum Gasteiger partial charge on any atom is -0.497 e. The number of ether oxygens (including phenoxy) is 1. The summed E-state index contributed by atoms with van der Waals surface area (Å²) in [5, 5.41) is 0. The maximum absolute atomic E-state index is 15.2. The van der Waals surface area contributed by atoms with Gasteiger partial charge in [-0.05, 0) is 44.8 Å². The minimum atomic E-state index is -6.20. The first-order valence-electron chi connectivity index (χ1n) is 8.58. The van der Waals surface area contributed by atoms with E-state index in [0.717, 1.165) is 17.2 Å². The minimum absolute atomic E-state index is 0.0593. The van der Waals surface area contributed by atoms with Crippen molar-refractivity contribution in [1.29, 1.82) is 0 Å². The second-order valence-electron chi connectivity index (χ2n) is 6.69. The van der Waals surface area contributed by atoms with Gasteiger partial charge in [-0.15, -0.1) is 0 Å². The molecule has 2 nitrogen and oxygen atoms in total. The average Bonchev–Trinajstić information content (AvgIpc) is 2.67. The normalized spacial score (nSPS) is 17.4. The molecule has 0 radical (unpaired) electrons. The summed E-state index contributed by atoms with van der Waals surface area (Å²) in [7, 11) is 1.41. The highest BCUT2D eigenvalue weighted by Crippen LogP contribution is 2.57. The molecule has 1 heterocycles. The van der Waals surface area contributed by atoms with Crippen molar-refractivity contribution in [3.05, 3.63) is 71.4 Å². The predicted octanol–water partition coefficient (Wildman–Crippen LogP) is 6.78. The Hall–Kier alpha value is -2.23. The zero-order valence-corrected chi connectivity index (χ0v) is 16.9. The largest absolute Gasteiger partial charge is 0.497 e. The summed E-state index contributed by atoms with van der Waals surface area (Å²) in [6.45, 7) is -0.393. The van der Waals surface area contributed by atoms with Crippen LogP contribution in [0.2, 0.25) is 0 Å². The standard InChI is InChI=1S/C20H15BrF7NO/c1-30-13-8-6-12(7-9-13)10-29-11-16(21)14-4-2-3-5-15(14)17(29)18(22,19(23,24)25)20(26,27)28/h2-9,11,17H,10H2,1H3. The summed E-state index contributed by atoms with van der Waals surface area (Å²) in [5.74, 6) is 0.460. The third kappa shape index (κ3) is 3.77. The summed E-state index contributed by atoms with van der Waals surface area (Å²) >= 11 is 3.17. The smallest absolute Gasteiger partial charge is 0.434 e. The fourth-order valence-corrected chi connectivity index (χ4v) is 4.04. The van der Waals surface area contributed by atoms with Gasteiger partial charge < -0.3 is 9.64 Å². The fourth-order valence-electron chi connectivity index (χ4n) is 3.41. The van der Waals surface area contributed by atoms with Gasteiger partial charge in [-0.25, -0.2) is 4.39 Å². The lowest BCUT2D eigenvalue weighted by atomic mass is 9.83. The number of methoxy groups -OCH3 is 1. The summed E-state index contributed by atoms with van der Waals surface area (Å²) in [5.41, 5.74) is -5.47. The molecule has 1 aliphatic heterocycles. The highest BCUT2D eigenvalue weighted by molar-refractivity contribution is 9.15. The van der Waals surface area contributed by atoms with Gasteiger partial charge in [-0.2, -0.15) is 26.3 Å². The molecule has 0 fully saturated rings. The molecule has 2 aromatic carbocycles. The zero-order chi connectivity index (χ0) is 22.3. The lowest BCUT2D eigenvalue weighted by molar-refractivity contribution is -0.358. The van der Waals surface area contributed by atoms with Gasteiger partial charge in [-0.1, -0.05) is 36.4 Å². The molecular formula is C20H15BrF7NO. The lowest BCUT2D eigenvalue weighted by Gasteiger charge is -2.45. The second-order valence-corrected chi connectivity index (χ2v) is 7.55. The van der Waals surface area contributed by atoms with Crippen molar-refractivity contribution in [3.63, 3.8) is 0 Å². The molecule has 0 spiro atoms. The number of hydrogen-bond donors (Lipinski definition) is 0. The molecule has 0 aromatic heterocycles. The SMILES string of the molecule is COc1ccc(CN2C=C(Br)c3ccccc3C2C(F)(C(F)(F)F)C(F)(F)F)cc1. The zero-order valence-electron chi connectivity index (χ0n) is 15.4. The van der Waals surface area contributed by atoms with E-state index in [2.05, 4.69) is 15.9 Å². The first-order chi connectivity index (χ1) is 13.9. The van der Waals surface area contributed by atoms with E-state index in [-0.39, 0.29) is 10.0 Å². The Kier molecular flexibility index (Phi) is 5.83. The monoisotopic (exact) mass is 497 g/mol. The van der Waals surface area contributed by atoms with Gasteiger partial charge in [0.25, 0.3) is 0 Å². The Morgan fingerprint density at radius 2 is 1.47 bits per heavy atom. The average molecular weight is 498 g/mol. The van der Waals surface area contributed by atoms with Gasteiger partial charge in [-0.3, -0.25) is 0 Å². The van der Waals surface area contributed by atoms with Crippen LogP contribution in [-0.2, 0) is 6.54 Å². The van der Waals surface area contributed by atoms with Crippen LogP contribution in [0.15, 0.2) is 54.7 Å². The Morgan fingerprint density at radius 3 is 2.00 bits per heavy atom. The first-order valence-corrected chi connectivity index (χ1v) is 9.37. The van der Waals surface area contributed by atoms with Crippen LogP contribution in [0, 0.1) is 0 Å². The van der Waals surface area contributed by atoms with Crippen molar-refractivity contribution in [3.8, 4) is 5.75 Å². The second kappa shape index (κ2) is 7.79. The van der Waals surface area contributed by atoms with Gasteiger partial charge in [0.1, 0.15) is 11.8 Å². The van der Waals surface area contributed by atoms with E-state index in [4.69, 9.17) is 4.74 Å². The molecular weight excluding hydrogens is 483 g/mol. The van der Waals surface area contributed by atoms with Crippen LogP contribution in [0.1, 0.15) is 22.7 Å². The Bertz CT molecular complexity index is 923. The van der Waals surface area contributed by atoms with E-state index in [0.29, 0.717) is 11.3 Å². The fraction of sp³-hybridized carbons (Fsp3) is 0.300. The summed E-state index contributed by atoms with van der Waals surface area (Å²) in [6, 6.07) is 8.45. The van der Waals surface area contributed by atoms with Crippen LogP contribution < -0.4 is 4.74 Å². The van der Waals surface area contributed by atoms with E-state index in [1.54, 1.807) is 0 Å². The van der Waals surface area contributed by atoms with Crippen LogP contribution in [0.3, 0.4) is 0 Å². The number of halogens is 8. The summed E-state index contributed by atoms with van der Waals surface area (Å²) < 4.78 is 102. The number of alkyl halides is 7. The number of hydrogen-bond acceptors (Lipinski definition) is 2. The van der Waals surface area contributed by atoms with Crippen LogP contribution in [0.25, 0.3) is 4.48 Å². The van der Waals surface area contributed by atoms with Crippen molar-refractivity contribution in [2.75, 3.05) is 7.11 Å². The maximum atomic E-state index is 15.2. The molecule has 0 bridgehead atoms. The van der Waals surface area contributed by atoms with Crippen LogP contribution >= 0.6 is 15.9 Å². The van der Waals surface area contributed by atoms with E-state index >= 15 is 4.39 Å². The number of rotatable bonds is 4.